The summed E-state index contributed by atoms with van der Waals surface area (Å²) in [5, 5.41) is 2.31. The molecule has 0 aliphatic rings. The van der Waals surface area contributed by atoms with Crippen molar-refractivity contribution in [3.05, 3.63) is 38.1 Å². The summed E-state index contributed by atoms with van der Waals surface area (Å²) in [5.74, 6) is 0. The van der Waals surface area contributed by atoms with Gasteiger partial charge in [0.1, 0.15) is 0 Å². The van der Waals surface area contributed by atoms with E-state index in [1.54, 1.807) is 17.4 Å². The maximum Gasteiger partial charge on any atom is 0.0947 e. The van der Waals surface area contributed by atoms with Gasteiger partial charge < -0.3 is 5.73 Å². The number of benzene rings is 1. The van der Waals surface area contributed by atoms with E-state index in [-0.39, 0.29) is 0 Å². The highest BCUT2D eigenvalue weighted by Gasteiger charge is 2.12. The van der Waals surface area contributed by atoms with Crippen LogP contribution >= 0.6 is 34.5 Å². The number of nitrogens with two attached hydrogens (primary N) is 1. The Kier molecular flexibility index (Phi) is 4.05. The Balaban J connectivity index is 2.45. The molecular weight excluding hydrogens is 275 g/mol. The molecule has 2 rings (SSSR count). The van der Waals surface area contributed by atoms with Crippen LogP contribution in [0.2, 0.25) is 10.0 Å². The number of aryl methyl sites for hydroxylation is 1. The van der Waals surface area contributed by atoms with E-state index < -0.39 is 0 Å². The summed E-state index contributed by atoms with van der Waals surface area (Å²) < 4.78 is 0. The van der Waals surface area contributed by atoms with Crippen LogP contribution in [0.3, 0.4) is 0 Å². The minimum atomic E-state index is 0.612. The summed E-state index contributed by atoms with van der Waals surface area (Å²) in [6, 6.07) is 5.46. The Morgan fingerprint density at radius 2 is 2.12 bits per heavy atom. The minimum absolute atomic E-state index is 0.612. The Morgan fingerprint density at radius 3 is 2.76 bits per heavy atom. The molecule has 0 spiro atoms. The topological polar surface area (TPSA) is 38.9 Å². The van der Waals surface area contributed by atoms with Crippen molar-refractivity contribution in [1.82, 2.24) is 4.98 Å². The molecule has 0 saturated carbocycles. The average Bonchev–Trinajstić information content (AvgIpc) is 2.60. The molecule has 0 aliphatic carbocycles. The van der Waals surface area contributed by atoms with E-state index in [2.05, 4.69) is 4.98 Å². The normalized spacial score (nSPS) is 10.8. The van der Waals surface area contributed by atoms with Crippen LogP contribution in [0.15, 0.2) is 18.2 Å². The van der Waals surface area contributed by atoms with Crippen LogP contribution in [0, 0.1) is 6.92 Å². The lowest BCUT2D eigenvalue weighted by Gasteiger charge is -2.02. The first-order valence-corrected chi connectivity index (χ1v) is 6.81. The average molecular weight is 287 g/mol. The third-order valence-corrected chi connectivity index (χ3v) is 3.96. The van der Waals surface area contributed by atoms with Crippen LogP contribution in [-0.4, -0.2) is 11.5 Å². The lowest BCUT2D eigenvalue weighted by Crippen LogP contribution is -2.01. The number of rotatable bonds is 3. The van der Waals surface area contributed by atoms with Gasteiger partial charge in [-0.2, -0.15) is 0 Å². The number of hydrogen-bond acceptors (Lipinski definition) is 3. The smallest absolute Gasteiger partial charge is 0.0947 e. The van der Waals surface area contributed by atoms with Crippen molar-refractivity contribution in [2.45, 2.75) is 13.3 Å². The maximum absolute atomic E-state index is 6.18. The quantitative estimate of drug-likeness (QED) is 0.929. The van der Waals surface area contributed by atoms with Gasteiger partial charge in [-0.15, -0.1) is 11.3 Å². The van der Waals surface area contributed by atoms with Gasteiger partial charge >= 0.3 is 0 Å². The molecule has 0 aliphatic heterocycles. The molecule has 90 valence electrons. The molecular formula is C12H12Cl2N2S. The standard InChI is InChI=1S/C12H12Cl2N2S/c1-7-12(16-11(17-7)4-5-15)9-3-2-8(13)6-10(9)14/h2-3,6H,4-5,15H2,1H3. The molecule has 1 aromatic carbocycles. The molecule has 0 bridgehead atoms. The fraction of sp³-hybridized carbons (Fsp3) is 0.250. The summed E-state index contributed by atoms with van der Waals surface area (Å²) in [4.78, 5) is 5.72. The molecule has 2 N–H and O–H groups in total. The van der Waals surface area contributed by atoms with Crippen molar-refractivity contribution in [3.63, 3.8) is 0 Å². The third-order valence-electron chi connectivity index (χ3n) is 2.39. The fourth-order valence-electron chi connectivity index (χ4n) is 1.61. The van der Waals surface area contributed by atoms with Gasteiger partial charge in [-0.1, -0.05) is 23.2 Å². The van der Waals surface area contributed by atoms with E-state index in [1.807, 2.05) is 19.1 Å². The van der Waals surface area contributed by atoms with Crippen molar-refractivity contribution in [2.24, 2.45) is 5.73 Å². The van der Waals surface area contributed by atoms with Crippen molar-refractivity contribution in [2.75, 3.05) is 6.54 Å². The van der Waals surface area contributed by atoms with Crippen LogP contribution in [0.25, 0.3) is 11.3 Å². The van der Waals surface area contributed by atoms with E-state index in [9.17, 15) is 0 Å². The van der Waals surface area contributed by atoms with Gasteiger partial charge in [-0.3, -0.25) is 0 Å². The molecule has 0 radical (unpaired) electrons. The second-order valence-corrected chi connectivity index (χ2v) is 5.81. The van der Waals surface area contributed by atoms with Crippen LogP contribution in [-0.2, 0) is 6.42 Å². The van der Waals surface area contributed by atoms with Crippen LogP contribution in [0.4, 0.5) is 0 Å². The first-order chi connectivity index (χ1) is 8.11. The Morgan fingerprint density at radius 1 is 1.35 bits per heavy atom. The van der Waals surface area contributed by atoms with Gasteiger partial charge in [0.25, 0.3) is 0 Å². The van der Waals surface area contributed by atoms with E-state index in [0.29, 0.717) is 16.6 Å². The highest BCUT2D eigenvalue weighted by molar-refractivity contribution is 7.12. The summed E-state index contributed by atoms with van der Waals surface area (Å²) in [6.07, 6.45) is 0.802. The Hall–Kier alpha value is -0.610. The van der Waals surface area contributed by atoms with Crippen LogP contribution < -0.4 is 5.73 Å². The second-order valence-electron chi connectivity index (χ2n) is 3.68. The Bertz CT molecular complexity index is 537. The molecule has 2 aromatic rings. The first kappa shape index (κ1) is 12.8. The van der Waals surface area contributed by atoms with Crippen molar-refractivity contribution >= 4 is 34.5 Å². The number of thiazole rings is 1. The van der Waals surface area contributed by atoms with Gasteiger partial charge in [0.15, 0.2) is 0 Å². The zero-order chi connectivity index (χ0) is 12.4. The molecule has 0 fully saturated rings. The molecule has 0 unspecified atom stereocenters. The van der Waals surface area contributed by atoms with Gasteiger partial charge in [0.05, 0.1) is 15.7 Å². The van der Waals surface area contributed by atoms with Gasteiger partial charge in [-0.25, -0.2) is 4.98 Å². The fourth-order valence-corrected chi connectivity index (χ4v) is 3.07. The molecule has 2 nitrogen and oxygen atoms in total. The van der Waals surface area contributed by atoms with Crippen molar-refractivity contribution in [3.8, 4) is 11.3 Å². The molecule has 0 amide bonds. The first-order valence-electron chi connectivity index (χ1n) is 5.23. The highest BCUT2D eigenvalue weighted by Crippen LogP contribution is 2.34. The van der Waals surface area contributed by atoms with E-state index in [0.717, 1.165) is 27.6 Å². The molecule has 17 heavy (non-hydrogen) atoms. The zero-order valence-electron chi connectivity index (χ0n) is 9.34. The second kappa shape index (κ2) is 5.36. The van der Waals surface area contributed by atoms with Gasteiger partial charge in [0.2, 0.25) is 0 Å². The number of hydrogen-bond donors (Lipinski definition) is 1. The lowest BCUT2D eigenvalue weighted by atomic mass is 10.1. The van der Waals surface area contributed by atoms with Crippen molar-refractivity contribution in [1.29, 1.82) is 0 Å². The van der Waals surface area contributed by atoms with Crippen LogP contribution in [0.1, 0.15) is 9.88 Å². The monoisotopic (exact) mass is 286 g/mol. The lowest BCUT2D eigenvalue weighted by molar-refractivity contribution is 0.954. The molecule has 1 heterocycles. The number of halogens is 2. The SMILES string of the molecule is Cc1sc(CCN)nc1-c1ccc(Cl)cc1Cl. The highest BCUT2D eigenvalue weighted by atomic mass is 35.5. The maximum atomic E-state index is 6.18. The Labute approximate surface area is 114 Å². The van der Waals surface area contributed by atoms with Gasteiger partial charge in [-0.05, 0) is 31.7 Å². The van der Waals surface area contributed by atoms with E-state index in [4.69, 9.17) is 28.9 Å². The molecule has 5 heteroatoms. The predicted octanol–water partition coefficient (Wildman–Crippen LogP) is 3.93. The van der Waals surface area contributed by atoms with Gasteiger partial charge in [0, 0.05) is 21.9 Å². The number of nitrogens with zero attached hydrogens (tertiary/aromatic N) is 1. The van der Waals surface area contributed by atoms with Crippen molar-refractivity contribution < 1.29 is 0 Å². The molecule has 0 atom stereocenters. The third kappa shape index (κ3) is 2.80. The van der Waals surface area contributed by atoms with E-state index >= 15 is 0 Å². The number of aromatic nitrogens is 1. The predicted molar refractivity (Wildman–Crippen MR) is 75.1 cm³/mol. The molecule has 1 aromatic heterocycles. The van der Waals surface area contributed by atoms with E-state index in [1.165, 1.54) is 0 Å². The summed E-state index contributed by atoms with van der Waals surface area (Å²) in [6.45, 7) is 2.65. The zero-order valence-corrected chi connectivity index (χ0v) is 11.7. The van der Waals surface area contributed by atoms with Crippen LogP contribution in [0.5, 0.6) is 0 Å². The minimum Gasteiger partial charge on any atom is -0.330 e. The summed E-state index contributed by atoms with van der Waals surface area (Å²) in [5.41, 5.74) is 7.39. The largest absolute Gasteiger partial charge is 0.330 e. The molecule has 0 saturated heterocycles. The summed E-state index contributed by atoms with van der Waals surface area (Å²) in [7, 11) is 0. The summed E-state index contributed by atoms with van der Waals surface area (Å²) >= 11 is 13.7.